The summed E-state index contributed by atoms with van der Waals surface area (Å²) < 4.78 is 0. The highest BCUT2D eigenvalue weighted by Gasteiger charge is 2.03. The summed E-state index contributed by atoms with van der Waals surface area (Å²) in [6.07, 6.45) is 3.83. The van der Waals surface area contributed by atoms with E-state index >= 15 is 0 Å². The second-order valence-electron chi connectivity index (χ2n) is 1.91. The first kappa shape index (κ1) is 8.34. The van der Waals surface area contributed by atoms with Crippen molar-refractivity contribution in [2.24, 2.45) is 0 Å². The molecule has 0 bridgehead atoms. The van der Waals surface area contributed by atoms with Crippen molar-refractivity contribution in [3.63, 3.8) is 0 Å². The van der Waals surface area contributed by atoms with Gasteiger partial charge in [-0.25, -0.2) is 0 Å². The van der Waals surface area contributed by atoms with Crippen LogP contribution in [-0.2, 0) is 9.59 Å². The van der Waals surface area contributed by atoms with Crippen molar-refractivity contribution in [3.05, 3.63) is 5.92 Å². The smallest absolute Gasteiger partial charge is 0.134 e. The lowest BCUT2D eigenvalue weighted by Gasteiger charge is -1.95. The van der Waals surface area contributed by atoms with Gasteiger partial charge in [-0.15, -0.1) is 0 Å². The van der Waals surface area contributed by atoms with E-state index in [-0.39, 0.29) is 0 Å². The van der Waals surface area contributed by atoms with E-state index in [1.807, 2.05) is 6.92 Å². The van der Waals surface area contributed by atoms with Crippen molar-refractivity contribution in [1.29, 1.82) is 0 Å². The van der Waals surface area contributed by atoms with Gasteiger partial charge in [-0.2, -0.15) is 0 Å². The minimum Gasteiger partial charge on any atom is -0.302 e. The van der Waals surface area contributed by atoms with Crippen molar-refractivity contribution in [2.75, 3.05) is 0 Å². The summed E-state index contributed by atoms with van der Waals surface area (Å²) in [5, 5.41) is 0. The number of carbonyl (C=O) groups excluding carboxylic acids is 2. The number of aldehydes is 2. The summed E-state index contributed by atoms with van der Waals surface area (Å²) >= 11 is 0. The molecule has 51 valence electrons. The number of hydrogen-bond acceptors (Lipinski definition) is 2. The number of carbonyl (C=O) groups is 2. The summed E-state index contributed by atoms with van der Waals surface area (Å²) in [6, 6.07) is 0. The Balaban J connectivity index is 3.30. The molecule has 0 fully saturated rings. The average molecular weight is 127 g/mol. The molecule has 0 saturated carbocycles. The van der Waals surface area contributed by atoms with Crippen molar-refractivity contribution in [3.8, 4) is 0 Å². The van der Waals surface area contributed by atoms with Crippen molar-refractivity contribution in [1.82, 2.24) is 0 Å². The standard InChI is InChI=1S/C7H11O2/c1-2-3-4-7(5-8)6-9/h5-6H,2-4H2,1H3. The third-order valence-electron chi connectivity index (χ3n) is 1.12. The van der Waals surface area contributed by atoms with E-state index in [1.165, 1.54) is 0 Å². The molecule has 0 aromatic carbocycles. The Kier molecular flexibility index (Phi) is 5.07. The monoisotopic (exact) mass is 127 g/mol. The van der Waals surface area contributed by atoms with Crippen LogP contribution in [0, 0.1) is 5.92 Å². The van der Waals surface area contributed by atoms with E-state index in [0.29, 0.717) is 24.9 Å². The molecular weight excluding hydrogens is 116 g/mol. The van der Waals surface area contributed by atoms with Crippen LogP contribution in [0.15, 0.2) is 0 Å². The van der Waals surface area contributed by atoms with Crippen LogP contribution < -0.4 is 0 Å². The maximum Gasteiger partial charge on any atom is 0.134 e. The maximum atomic E-state index is 9.97. The van der Waals surface area contributed by atoms with Crippen molar-refractivity contribution in [2.45, 2.75) is 26.2 Å². The molecule has 0 spiro atoms. The van der Waals surface area contributed by atoms with Gasteiger partial charge < -0.3 is 9.59 Å². The molecule has 2 nitrogen and oxygen atoms in total. The Labute approximate surface area is 55.3 Å². The van der Waals surface area contributed by atoms with Crippen LogP contribution in [0.25, 0.3) is 0 Å². The van der Waals surface area contributed by atoms with E-state index in [9.17, 15) is 9.59 Å². The zero-order valence-electron chi connectivity index (χ0n) is 5.59. The van der Waals surface area contributed by atoms with Gasteiger partial charge in [-0.1, -0.05) is 19.8 Å². The Morgan fingerprint density at radius 1 is 1.33 bits per heavy atom. The van der Waals surface area contributed by atoms with Crippen LogP contribution in [0.1, 0.15) is 26.2 Å². The zero-order valence-corrected chi connectivity index (χ0v) is 5.59. The molecule has 0 unspecified atom stereocenters. The third kappa shape index (κ3) is 3.88. The molecule has 0 saturated heterocycles. The van der Waals surface area contributed by atoms with Gasteiger partial charge in [0.25, 0.3) is 0 Å². The van der Waals surface area contributed by atoms with Gasteiger partial charge in [0.05, 0.1) is 0 Å². The summed E-state index contributed by atoms with van der Waals surface area (Å²) in [4.78, 5) is 19.9. The minimum atomic E-state index is 0.372. The highest BCUT2D eigenvalue weighted by Crippen LogP contribution is 2.03. The molecule has 0 amide bonds. The highest BCUT2D eigenvalue weighted by atomic mass is 16.1. The van der Waals surface area contributed by atoms with Crippen LogP contribution in [0.2, 0.25) is 0 Å². The molecule has 0 aliphatic heterocycles. The number of rotatable bonds is 5. The van der Waals surface area contributed by atoms with Gasteiger partial charge in [-0.3, -0.25) is 0 Å². The third-order valence-corrected chi connectivity index (χ3v) is 1.12. The molecule has 0 N–H and O–H groups in total. The lowest BCUT2D eigenvalue weighted by molar-refractivity contribution is -0.112. The molecule has 9 heavy (non-hydrogen) atoms. The van der Waals surface area contributed by atoms with Gasteiger partial charge in [0, 0.05) is 0 Å². The van der Waals surface area contributed by atoms with Crippen molar-refractivity contribution < 1.29 is 9.59 Å². The Hall–Kier alpha value is -0.660. The first-order valence-electron chi connectivity index (χ1n) is 3.11. The fraction of sp³-hybridized carbons (Fsp3) is 0.571. The van der Waals surface area contributed by atoms with E-state index in [2.05, 4.69) is 0 Å². The van der Waals surface area contributed by atoms with Gasteiger partial charge in [0.1, 0.15) is 18.5 Å². The normalized spacial score (nSPS) is 9.56. The van der Waals surface area contributed by atoms with Gasteiger partial charge >= 0.3 is 0 Å². The van der Waals surface area contributed by atoms with Crippen LogP contribution in [0.3, 0.4) is 0 Å². The SMILES string of the molecule is CCCC[C](C=O)C=O. The predicted octanol–water partition coefficient (Wildman–Crippen LogP) is 1.15. The molecular formula is C7H11O2. The second kappa shape index (κ2) is 5.48. The minimum absolute atomic E-state index is 0.372. The summed E-state index contributed by atoms with van der Waals surface area (Å²) in [6.45, 7) is 2.02. The summed E-state index contributed by atoms with van der Waals surface area (Å²) in [5.74, 6) is 0.372. The molecule has 0 aliphatic rings. The Morgan fingerprint density at radius 3 is 2.22 bits per heavy atom. The second-order valence-corrected chi connectivity index (χ2v) is 1.91. The molecule has 0 rings (SSSR count). The summed E-state index contributed by atoms with van der Waals surface area (Å²) in [5.41, 5.74) is 0. The van der Waals surface area contributed by atoms with Crippen molar-refractivity contribution >= 4 is 12.6 Å². The van der Waals surface area contributed by atoms with E-state index < -0.39 is 0 Å². The van der Waals surface area contributed by atoms with E-state index in [1.54, 1.807) is 0 Å². The topological polar surface area (TPSA) is 34.1 Å². The molecule has 0 heterocycles. The predicted molar refractivity (Wildman–Crippen MR) is 34.9 cm³/mol. The highest BCUT2D eigenvalue weighted by molar-refractivity contribution is 5.94. The van der Waals surface area contributed by atoms with Gasteiger partial charge in [0.2, 0.25) is 0 Å². The average Bonchev–Trinajstić information content (AvgIpc) is 1.91. The Morgan fingerprint density at radius 2 is 1.89 bits per heavy atom. The maximum absolute atomic E-state index is 9.97. The van der Waals surface area contributed by atoms with Crippen LogP contribution in [-0.4, -0.2) is 12.6 Å². The molecule has 0 aromatic rings. The lowest BCUT2D eigenvalue weighted by Crippen LogP contribution is -1.99. The Bertz CT molecular complexity index is 80.9. The van der Waals surface area contributed by atoms with Gasteiger partial charge in [-0.05, 0) is 6.42 Å². The zero-order chi connectivity index (χ0) is 7.11. The van der Waals surface area contributed by atoms with E-state index in [4.69, 9.17) is 0 Å². The van der Waals surface area contributed by atoms with E-state index in [0.717, 1.165) is 12.8 Å². The van der Waals surface area contributed by atoms with Crippen LogP contribution >= 0.6 is 0 Å². The first-order valence-corrected chi connectivity index (χ1v) is 3.11. The largest absolute Gasteiger partial charge is 0.302 e. The quantitative estimate of drug-likeness (QED) is 0.410. The van der Waals surface area contributed by atoms with Crippen LogP contribution in [0.5, 0.6) is 0 Å². The molecule has 1 radical (unpaired) electrons. The molecule has 0 aliphatic carbocycles. The molecule has 0 atom stereocenters. The summed E-state index contributed by atoms with van der Waals surface area (Å²) in [7, 11) is 0. The van der Waals surface area contributed by atoms with Gasteiger partial charge in [0.15, 0.2) is 0 Å². The lowest BCUT2D eigenvalue weighted by atomic mass is 10.1. The molecule has 2 heteroatoms. The number of hydrogen-bond donors (Lipinski definition) is 0. The van der Waals surface area contributed by atoms with Crippen LogP contribution in [0.4, 0.5) is 0 Å². The number of unbranched alkanes of at least 4 members (excludes halogenated alkanes) is 1. The fourth-order valence-corrected chi connectivity index (χ4v) is 0.527. The molecule has 0 aromatic heterocycles. The fourth-order valence-electron chi connectivity index (χ4n) is 0.527. The first-order chi connectivity index (χ1) is 4.35.